The second-order valence-electron chi connectivity index (χ2n) is 5.94. The van der Waals surface area contributed by atoms with Crippen LogP contribution in [0.3, 0.4) is 0 Å². The van der Waals surface area contributed by atoms with Gasteiger partial charge >= 0.3 is 0 Å². The molecule has 0 spiro atoms. The van der Waals surface area contributed by atoms with Gasteiger partial charge in [-0.05, 0) is 42.9 Å². The molecule has 0 radical (unpaired) electrons. The van der Waals surface area contributed by atoms with Gasteiger partial charge in [-0.15, -0.1) is 11.6 Å². The summed E-state index contributed by atoms with van der Waals surface area (Å²) in [5.41, 5.74) is 0.645. The number of hydrogen-bond donors (Lipinski definition) is 0. The van der Waals surface area contributed by atoms with Crippen molar-refractivity contribution in [3.8, 4) is 0 Å². The minimum Gasteiger partial charge on any atom is -0.207 e. The fourth-order valence-corrected chi connectivity index (χ4v) is 4.63. The normalized spacial score (nSPS) is 24.2. The van der Waals surface area contributed by atoms with Crippen LogP contribution < -0.4 is 0 Å². The van der Waals surface area contributed by atoms with Gasteiger partial charge in [-0.3, -0.25) is 0 Å². The standard InChI is InChI=1S/C15H21ClFNO2S/c1-10-4-5-18(9-11(10)2)21(19,20)15-7-13(8-16)6-14(17)12(15)3/h6-7,10-11H,4-5,8-9H2,1-3H3. The number of alkyl halides is 1. The van der Waals surface area contributed by atoms with Gasteiger partial charge in [0.05, 0.1) is 4.90 Å². The average Bonchev–Trinajstić information content (AvgIpc) is 2.44. The van der Waals surface area contributed by atoms with Crippen molar-refractivity contribution in [3.63, 3.8) is 0 Å². The first-order valence-corrected chi connectivity index (χ1v) is 9.10. The molecule has 118 valence electrons. The highest BCUT2D eigenvalue weighted by Crippen LogP contribution is 2.30. The zero-order chi connectivity index (χ0) is 15.8. The van der Waals surface area contributed by atoms with Crippen LogP contribution in [0, 0.1) is 24.6 Å². The Morgan fingerprint density at radius 2 is 2.00 bits per heavy atom. The Kier molecular flexibility index (Phi) is 4.96. The van der Waals surface area contributed by atoms with Crippen LogP contribution in [0.5, 0.6) is 0 Å². The van der Waals surface area contributed by atoms with E-state index in [1.807, 2.05) is 0 Å². The fraction of sp³-hybridized carbons (Fsp3) is 0.600. The Labute approximate surface area is 131 Å². The average molecular weight is 334 g/mol. The summed E-state index contributed by atoms with van der Waals surface area (Å²) < 4.78 is 41.0. The first-order valence-electron chi connectivity index (χ1n) is 7.12. The SMILES string of the molecule is Cc1c(F)cc(CCl)cc1S(=O)(=O)N1CCC(C)C(C)C1. The summed E-state index contributed by atoms with van der Waals surface area (Å²) in [6, 6.07) is 2.78. The molecule has 1 aromatic carbocycles. The third-order valence-electron chi connectivity index (χ3n) is 4.43. The van der Waals surface area contributed by atoms with E-state index in [4.69, 9.17) is 11.6 Å². The predicted octanol–water partition coefficient (Wildman–Crippen LogP) is 3.54. The van der Waals surface area contributed by atoms with Crippen LogP contribution in [0.4, 0.5) is 4.39 Å². The van der Waals surface area contributed by atoms with Crippen LogP contribution in [0.1, 0.15) is 31.4 Å². The molecular weight excluding hydrogens is 313 g/mol. The van der Waals surface area contributed by atoms with E-state index < -0.39 is 15.8 Å². The van der Waals surface area contributed by atoms with Gasteiger partial charge in [0.15, 0.2) is 0 Å². The molecule has 3 nitrogen and oxygen atoms in total. The zero-order valence-electron chi connectivity index (χ0n) is 12.6. The van der Waals surface area contributed by atoms with Crippen LogP contribution in [-0.4, -0.2) is 25.8 Å². The maximum Gasteiger partial charge on any atom is 0.243 e. The molecule has 0 bridgehead atoms. The summed E-state index contributed by atoms with van der Waals surface area (Å²) in [5, 5.41) is 0. The van der Waals surface area contributed by atoms with Crippen molar-refractivity contribution in [1.29, 1.82) is 0 Å². The Morgan fingerprint density at radius 3 is 2.57 bits per heavy atom. The van der Waals surface area contributed by atoms with Gasteiger partial charge in [-0.25, -0.2) is 12.8 Å². The first kappa shape index (κ1) is 16.7. The van der Waals surface area contributed by atoms with Crippen LogP contribution in [-0.2, 0) is 15.9 Å². The van der Waals surface area contributed by atoms with Gasteiger partial charge in [0.25, 0.3) is 0 Å². The summed E-state index contributed by atoms with van der Waals surface area (Å²) in [7, 11) is -3.67. The molecule has 1 fully saturated rings. The smallest absolute Gasteiger partial charge is 0.207 e. The number of piperidine rings is 1. The molecule has 0 aromatic heterocycles. The van der Waals surface area contributed by atoms with Gasteiger partial charge in [0.1, 0.15) is 5.82 Å². The van der Waals surface area contributed by atoms with Crippen molar-refractivity contribution in [3.05, 3.63) is 29.1 Å². The number of hydrogen-bond acceptors (Lipinski definition) is 2. The highest BCUT2D eigenvalue weighted by molar-refractivity contribution is 7.89. The van der Waals surface area contributed by atoms with E-state index in [-0.39, 0.29) is 16.3 Å². The molecule has 2 rings (SSSR count). The van der Waals surface area contributed by atoms with E-state index in [0.717, 1.165) is 6.42 Å². The molecule has 0 aliphatic carbocycles. The third-order valence-corrected chi connectivity index (χ3v) is 6.73. The molecule has 0 amide bonds. The van der Waals surface area contributed by atoms with Crippen molar-refractivity contribution >= 4 is 21.6 Å². The summed E-state index contributed by atoms with van der Waals surface area (Å²) >= 11 is 5.73. The molecule has 1 aliphatic heterocycles. The number of sulfonamides is 1. The lowest BCUT2D eigenvalue weighted by Crippen LogP contribution is -2.42. The Morgan fingerprint density at radius 1 is 1.33 bits per heavy atom. The lowest BCUT2D eigenvalue weighted by Gasteiger charge is -2.34. The molecule has 0 saturated carbocycles. The largest absolute Gasteiger partial charge is 0.243 e. The molecule has 0 N–H and O–H groups in total. The first-order chi connectivity index (χ1) is 9.77. The Balaban J connectivity index is 2.42. The van der Waals surface area contributed by atoms with E-state index in [1.165, 1.54) is 23.4 Å². The Bertz CT molecular complexity index is 633. The van der Waals surface area contributed by atoms with Gasteiger partial charge in [-0.1, -0.05) is 13.8 Å². The van der Waals surface area contributed by atoms with Gasteiger partial charge < -0.3 is 0 Å². The molecular formula is C15H21ClFNO2S. The van der Waals surface area contributed by atoms with Crippen molar-refractivity contribution in [2.45, 2.75) is 38.0 Å². The van der Waals surface area contributed by atoms with Crippen molar-refractivity contribution in [1.82, 2.24) is 4.31 Å². The molecule has 21 heavy (non-hydrogen) atoms. The number of nitrogens with zero attached hydrogens (tertiary/aromatic N) is 1. The molecule has 1 aromatic rings. The van der Waals surface area contributed by atoms with Gasteiger partial charge in [0, 0.05) is 24.5 Å². The number of benzene rings is 1. The second kappa shape index (κ2) is 6.23. The predicted molar refractivity (Wildman–Crippen MR) is 82.4 cm³/mol. The van der Waals surface area contributed by atoms with Crippen LogP contribution in [0.25, 0.3) is 0 Å². The van der Waals surface area contributed by atoms with Gasteiger partial charge in [-0.2, -0.15) is 4.31 Å². The van der Waals surface area contributed by atoms with Gasteiger partial charge in [0.2, 0.25) is 10.0 Å². The molecule has 2 unspecified atom stereocenters. The molecule has 1 heterocycles. The second-order valence-corrected chi connectivity index (χ2v) is 8.11. The van der Waals surface area contributed by atoms with Crippen LogP contribution >= 0.6 is 11.6 Å². The minimum absolute atomic E-state index is 0.0416. The maximum atomic E-state index is 13.9. The molecule has 1 saturated heterocycles. The Hall–Kier alpha value is -0.650. The summed E-state index contributed by atoms with van der Waals surface area (Å²) in [6.07, 6.45) is 0.830. The molecule has 2 atom stereocenters. The minimum atomic E-state index is -3.67. The van der Waals surface area contributed by atoms with Crippen LogP contribution in [0.15, 0.2) is 17.0 Å². The van der Waals surface area contributed by atoms with Crippen molar-refractivity contribution < 1.29 is 12.8 Å². The topological polar surface area (TPSA) is 37.4 Å². The fourth-order valence-electron chi connectivity index (χ4n) is 2.63. The van der Waals surface area contributed by atoms with E-state index in [1.54, 1.807) is 0 Å². The quantitative estimate of drug-likeness (QED) is 0.793. The highest BCUT2D eigenvalue weighted by Gasteiger charge is 2.33. The van der Waals surface area contributed by atoms with Crippen molar-refractivity contribution in [2.24, 2.45) is 11.8 Å². The molecule has 1 aliphatic rings. The van der Waals surface area contributed by atoms with Crippen LogP contribution in [0.2, 0.25) is 0 Å². The number of rotatable bonds is 3. The van der Waals surface area contributed by atoms with Crippen molar-refractivity contribution in [2.75, 3.05) is 13.1 Å². The third kappa shape index (κ3) is 3.25. The van der Waals surface area contributed by atoms with E-state index in [0.29, 0.717) is 30.5 Å². The maximum absolute atomic E-state index is 13.9. The summed E-state index contributed by atoms with van der Waals surface area (Å²) in [5.74, 6) is 0.371. The van der Waals surface area contributed by atoms with E-state index in [2.05, 4.69) is 13.8 Å². The lowest BCUT2D eigenvalue weighted by atomic mass is 9.90. The summed E-state index contributed by atoms with van der Waals surface area (Å²) in [6.45, 7) is 6.65. The monoisotopic (exact) mass is 333 g/mol. The molecule has 6 heteroatoms. The summed E-state index contributed by atoms with van der Waals surface area (Å²) in [4.78, 5) is 0.0416. The lowest BCUT2D eigenvalue weighted by molar-refractivity contribution is 0.212. The zero-order valence-corrected chi connectivity index (χ0v) is 14.1. The number of halogens is 2. The highest BCUT2D eigenvalue weighted by atomic mass is 35.5. The van der Waals surface area contributed by atoms with E-state index in [9.17, 15) is 12.8 Å². The van der Waals surface area contributed by atoms with E-state index >= 15 is 0 Å².